The molecule has 104 valence electrons. The lowest BCUT2D eigenvalue weighted by Gasteiger charge is -2.24. The van der Waals surface area contributed by atoms with Gasteiger partial charge in [-0.1, -0.05) is 30.3 Å². The highest BCUT2D eigenvalue weighted by atomic mass is 16.4. The van der Waals surface area contributed by atoms with E-state index in [1.165, 1.54) is 6.92 Å². The van der Waals surface area contributed by atoms with Gasteiger partial charge < -0.3 is 15.1 Å². The van der Waals surface area contributed by atoms with Gasteiger partial charge in [0.25, 0.3) is 5.91 Å². The quantitative estimate of drug-likeness (QED) is 0.856. The number of carboxylic acid groups (broad SMARTS) is 1. The third-order valence-electron chi connectivity index (χ3n) is 3.10. The van der Waals surface area contributed by atoms with E-state index in [4.69, 9.17) is 5.11 Å². The maximum absolute atomic E-state index is 11.9. The zero-order chi connectivity index (χ0) is 14.9. The fraction of sp³-hybridized carbons (Fsp3) is 0.214. The molecule has 0 aliphatic carbocycles. The van der Waals surface area contributed by atoms with Gasteiger partial charge in [-0.05, 0) is 12.5 Å². The van der Waals surface area contributed by atoms with Crippen LogP contribution in [0.5, 0.6) is 0 Å². The average Bonchev–Trinajstić information content (AvgIpc) is 2.64. The van der Waals surface area contributed by atoms with Crippen molar-refractivity contribution in [2.75, 3.05) is 6.54 Å². The van der Waals surface area contributed by atoms with Crippen molar-refractivity contribution in [1.29, 1.82) is 0 Å². The number of benzene rings is 1. The van der Waals surface area contributed by atoms with E-state index < -0.39 is 36.0 Å². The summed E-state index contributed by atoms with van der Waals surface area (Å²) in [6, 6.07) is 7.68. The Bertz CT molecular complexity index is 605. The Labute approximate surface area is 114 Å². The van der Waals surface area contributed by atoms with Crippen LogP contribution in [0.15, 0.2) is 41.7 Å². The molecule has 1 aliphatic heterocycles. The number of rotatable bonds is 4. The predicted octanol–water partition coefficient (Wildman–Crippen LogP) is 1.06. The third-order valence-corrected chi connectivity index (χ3v) is 3.10. The monoisotopic (exact) mass is 275 g/mol. The normalized spacial score (nSPS) is 18.6. The number of carboxylic acids is 1. The Morgan fingerprint density at radius 2 is 1.85 bits per heavy atom. The lowest BCUT2D eigenvalue weighted by atomic mass is 9.97. The van der Waals surface area contributed by atoms with Crippen LogP contribution in [0.3, 0.4) is 0 Å². The number of hydrogen-bond donors (Lipinski definition) is 2. The molecular weight excluding hydrogens is 262 g/mol. The molecule has 20 heavy (non-hydrogen) atoms. The first-order valence-corrected chi connectivity index (χ1v) is 5.95. The Kier molecular flexibility index (Phi) is 3.56. The molecule has 1 atom stereocenters. The molecule has 1 aromatic carbocycles. The number of amides is 1. The zero-order valence-electron chi connectivity index (χ0n) is 10.7. The summed E-state index contributed by atoms with van der Waals surface area (Å²) in [4.78, 5) is 35.5. The minimum atomic E-state index is -1.21. The molecule has 6 heteroatoms. The summed E-state index contributed by atoms with van der Waals surface area (Å²) in [7, 11) is 0. The molecule has 2 N–H and O–H groups in total. The van der Waals surface area contributed by atoms with Gasteiger partial charge in [-0.25, -0.2) is 0 Å². The summed E-state index contributed by atoms with van der Waals surface area (Å²) >= 11 is 0. The van der Waals surface area contributed by atoms with Gasteiger partial charge in [0.1, 0.15) is 6.54 Å². The molecule has 0 fully saturated rings. The molecule has 1 aromatic rings. The van der Waals surface area contributed by atoms with Gasteiger partial charge in [-0.15, -0.1) is 0 Å². The van der Waals surface area contributed by atoms with Gasteiger partial charge in [0.05, 0.1) is 11.6 Å². The number of aliphatic hydroxyl groups excluding tert-OH is 1. The summed E-state index contributed by atoms with van der Waals surface area (Å²) in [6.45, 7) is 0.651. The lowest BCUT2D eigenvalue weighted by Crippen LogP contribution is -2.35. The highest BCUT2D eigenvalue weighted by Crippen LogP contribution is 2.37. The van der Waals surface area contributed by atoms with Crippen LogP contribution in [0.2, 0.25) is 0 Å². The molecule has 1 amide bonds. The maximum atomic E-state index is 11.9. The molecule has 0 saturated heterocycles. The number of hydrogen-bond acceptors (Lipinski definition) is 4. The summed E-state index contributed by atoms with van der Waals surface area (Å²) in [5.74, 6) is -3.19. The van der Waals surface area contributed by atoms with E-state index in [1.54, 1.807) is 30.3 Å². The standard InChI is InChI=1S/C14H13NO5/c1-8(16)11-12(9-5-3-2-4-6-9)15(7-10(17)18)14(20)13(11)19/h2-6,12,19H,7H2,1H3,(H,17,18). The topological polar surface area (TPSA) is 94.9 Å². The van der Waals surface area contributed by atoms with E-state index >= 15 is 0 Å². The highest BCUT2D eigenvalue weighted by molar-refractivity contribution is 6.08. The predicted molar refractivity (Wildman–Crippen MR) is 68.9 cm³/mol. The molecule has 0 saturated carbocycles. The molecule has 0 radical (unpaired) electrons. The van der Waals surface area contributed by atoms with Crippen LogP contribution in [0.25, 0.3) is 0 Å². The van der Waals surface area contributed by atoms with Crippen molar-refractivity contribution in [1.82, 2.24) is 4.90 Å². The second-order valence-electron chi connectivity index (χ2n) is 4.46. The smallest absolute Gasteiger partial charge is 0.323 e. The molecule has 1 aliphatic rings. The lowest BCUT2D eigenvalue weighted by molar-refractivity contribution is -0.144. The maximum Gasteiger partial charge on any atom is 0.323 e. The van der Waals surface area contributed by atoms with Gasteiger partial charge >= 0.3 is 5.97 Å². The van der Waals surface area contributed by atoms with Gasteiger partial charge in [-0.3, -0.25) is 14.4 Å². The number of ketones is 1. The SMILES string of the molecule is CC(=O)C1=C(O)C(=O)N(CC(=O)O)C1c1ccccc1. The van der Waals surface area contributed by atoms with Crippen LogP contribution in [-0.4, -0.2) is 39.3 Å². The Morgan fingerprint density at radius 1 is 1.25 bits per heavy atom. The van der Waals surface area contributed by atoms with Crippen molar-refractivity contribution >= 4 is 17.7 Å². The fourth-order valence-electron chi connectivity index (χ4n) is 2.30. The van der Waals surface area contributed by atoms with E-state index in [9.17, 15) is 19.5 Å². The van der Waals surface area contributed by atoms with Crippen molar-refractivity contribution < 1.29 is 24.6 Å². The second-order valence-corrected chi connectivity index (χ2v) is 4.46. The van der Waals surface area contributed by atoms with E-state index in [1.807, 2.05) is 0 Å². The molecule has 0 aromatic heterocycles. The number of aliphatic hydroxyl groups is 1. The largest absolute Gasteiger partial charge is 0.503 e. The summed E-state index contributed by atoms with van der Waals surface area (Å²) in [5, 5.41) is 18.7. The Morgan fingerprint density at radius 3 is 2.35 bits per heavy atom. The summed E-state index contributed by atoms with van der Waals surface area (Å²) < 4.78 is 0. The van der Waals surface area contributed by atoms with Crippen molar-refractivity contribution in [2.45, 2.75) is 13.0 Å². The highest BCUT2D eigenvalue weighted by Gasteiger charge is 2.42. The van der Waals surface area contributed by atoms with Gasteiger partial charge in [0, 0.05) is 0 Å². The summed E-state index contributed by atoms with van der Waals surface area (Å²) in [6.07, 6.45) is 0. The van der Waals surface area contributed by atoms with E-state index in [-0.39, 0.29) is 5.57 Å². The van der Waals surface area contributed by atoms with Crippen LogP contribution in [0, 0.1) is 0 Å². The van der Waals surface area contributed by atoms with Crippen LogP contribution < -0.4 is 0 Å². The number of aliphatic carboxylic acids is 1. The van der Waals surface area contributed by atoms with Crippen molar-refractivity contribution in [3.05, 3.63) is 47.2 Å². The van der Waals surface area contributed by atoms with Crippen molar-refractivity contribution in [3.63, 3.8) is 0 Å². The van der Waals surface area contributed by atoms with Crippen LogP contribution >= 0.6 is 0 Å². The fourth-order valence-corrected chi connectivity index (χ4v) is 2.30. The third kappa shape index (κ3) is 2.27. The van der Waals surface area contributed by atoms with E-state index in [0.717, 1.165) is 4.90 Å². The number of carbonyl (C=O) groups is 3. The molecule has 6 nitrogen and oxygen atoms in total. The number of nitrogens with zero attached hydrogens (tertiary/aromatic N) is 1. The number of Topliss-reactive ketones (excluding diaryl/α,β-unsaturated/α-hetero) is 1. The summed E-state index contributed by atoms with van der Waals surface area (Å²) in [5.41, 5.74) is 0.513. The molecule has 2 rings (SSSR count). The second kappa shape index (κ2) is 5.16. The minimum Gasteiger partial charge on any atom is -0.503 e. The number of carbonyl (C=O) groups excluding carboxylic acids is 2. The molecular formula is C14H13NO5. The first-order chi connectivity index (χ1) is 9.43. The Balaban J connectivity index is 2.53. The van der Waals surface area contributed by atoms with Gasteiger partial charge in [-0.2, -0.15) is 0 Å². The van der Waals surface area contributed by atoms with Crippen LogP contribution in [0.1, 0.15) is 18.5 Å². The van der Waals surface area contributed by atoms with Gasteiger partial charge in [0.15, 0.2) is 11.5 Å². The van der Waals surface area contributed by atoms with E-state index in [0.29, 0.717) is 5.56 Å². The Hall–Kier alpha value is -2.63. The molecule has 0 bridgehead atoms. The molecule has 0 spiro atoms. The van der Waals surface area contributed by atoms with Gasteiger partial charge in [0.2, 0.25) is 0 Å². The molecule has 1 heterocycles. The molecule has 1 unspecified atom stereocenters. The average molecular weight is 275 g/mol. The first-order valence-electron chi connectivity index (χ1n) is 5.95. The van der Waals surface area contributed by atoms with Crippen molar-refractivity contribution in [3.8, 4) is 0 Å². The zero-order valence-corrected chi connectivity index (χ0v) is 10.7. The van der Waals surface area contributed by atoms with Crippen LogP contribution in [0.4, 0.5) is 0 Å². The van der Waals surface area contributed by atoms with Crippen molar-refractivity contribution in [2.24, 2.45) is 0 Å². The van der Waals surface area contributed by atoms with Crippen LogP contribution in [-0.2, 0) is 14.4 Å². The minimum absolute atomic E-state index is 0.0672. The van der Waals surface area contributed by atoms with E-state index in [2.05, 4.69) is 0 Å². The first kappa shape index (κ1) is 13.8.